The number of carbonyl (C=O) groups is 2. The second kappa shape index (κ2) is 9.09. The van der Waals surface area contributed by atoms with Gasteiger partial charge in [0.1, 0.15) is 11.8 Å². The summed E-state index contributed by atoms with van der Waals surface area (Å²) in [4.78, 5) is 27.9. The van der Waals surface area contributed by atoms with Gasteiger partial charge in [0.25, 0.3) is 5.91 Å². The summed E-state index contributed by atoms with van der Waals surface area (Å²) < 4.78 is 5.27. The quantitative estimate of drug-likeness (QED) is 0.787. The van der Waals surface area contributed by atoms with Crippen LogP contribution >= 0.6 is 0 Å². The average molecular weight is 396 g/mol. The number of nitrogens with one attached hydrogen (secondary N) is 1. The van der Waals surface area contributed by atoms with Gasteiger partial charge in [-0.1, -0.05) is 56.3 Å². The van der Waals surface area contributed by atoms with Gasteiger partial charge in [0.2, 0.25) is 5.91 Å². The van der Waals surface area contributed by atoms with Crippen molar-refractivity contribution in [2.24, 2.45) is 11.7 Å². The van der Waals surface area contributed by atoms with E-state index in [-0.39, 0.29) is 29.7 Å². The first-order chi connectivity index (χ1) is 13.9. The molecule has 2 amide bonds. The van der Waals surface area contributed by atoms with E-state index in [1.54, 1.807) is 29.2 Å². The molecule has 1 aliphatic heterocycles. The highest BCUT2D eigenvalue weighted by molar-refractivity contribution is 5.99. The summed E-state index contributed by atoms with van der Waals surface area (Å²) in [6.45, 7) is 4.88. The number of likely N-dealkylation sites (tertiary alicyclic amines) is 1. The summed E-state index contributed by atoms with van der Waals surface area (Å²) >= 11 is 0. The number of hydrogen-bond donors (Lipinski definition) is 2. The van der Waals surface area contributed by atoms with Gasteiger partial charge in [-0.15, -0.1) is 0 Å². The van der Waals surface area contributed by atoms with Crippen LogP contribution in [0.3, 0.4) is 0 Å². The van der Waals surface area contributed by atoms with Crippen molar-refractivity contribution in [2.45, 2.75) is 31.8 Å². The fraction of sp³-hybridized carbons (Fsp3) is 0.391. The lowest BCUT2D eigenvalue weighted by Crippen LogP contribution is -2.51. The maximum Gasteiger partial charge on any atom is 0.255 e. The van der Waals surface area contributed by atoms with Gasteiger partial charge in [0, 0.05) is 25.0 Å². The van der Waals surface area contributed by atoms with E-state index in [9.17, 15) is 9.59 Å². The Balaban J connectivity index is 1.74. The third kappa shape index (κ3) is 4.59. The van der Waals surface area contributed by atoms with E-state index in [1.807, 2.05) is 44.2 Å². The number of para-hydroxylation sites is 1. The fourth-order valence-electron chi connectivity index (χ4n) is 3.82. The standard InChI is InChI=1S/C23H29N3O3/c1-15(2)21(25-22(27)17-11-7-8-12-20(17)29-3)23(28)26-13-18(19(24)14-26)16-9-5-4-6-10-16/h4-12,15,18-19,21H,13-14,24H2,1-3H3,(H,25,27)/t18-,19+,21?/m0/s1. The first-order valence-electron chi connectivity index (χ1n) is 9.95. The lowest BCUT2D eigenvalue weighted by molar-refractivity contribution is -0.133. The molecule has 0 radical (unpaired) electrons. The maximum atomic E-state index is 13.3. The van der Waals surface area contributed by atoms with Crippen LogP contribution in [0, 0.1) is 5.92 Å². The largest absolute Gasteiger partial charge is 0.496 e. The number of nitrogens with zero attached hydrogens (tertiary/aromatic N) is 1. The highest BCUT2D eigenvalue weighted by Gasteiger charge is 2.38. The van der Waals surface area contributed by atoms with E-state index in [4.69, 9.17) is 10.5 Å². The Morgan fingerprint density at radius 3 is 2.38 bits per heavy atom. The molecule has 1 saturated heterocycles. The Bertz CT molecular complexity index is 853. The second-order valence-electron chi connectivity index (χ2n) is 7.82. The maximum absolute atomic E-state index is 13.3. The van der Waals surface area contributed by atoms with Crippen LogP contribution in [-0.4, -0.2) is 49.0 Å². The summed E-state index contributed by atoms with van der Waals surface area (Å²) in [5.74, 6) is 0.0908. The molecule has 6 heteroatoms. The molecule has 0 saturated carbocycles. The molecule has 154 valence electrons. The predicted molar refractivity (Wildman–Crippen MR) is 113 cm³/mol. The summed E-state index contributed by atoms with van der Waals surface area (Å²) in [5, 5.41) is 2.90. The summed E-state index contributed by atoms with van der Waals surface area (Å²) in [6.07, 6.45) is 0. The number of benzene rings is 2. The SMILES string of the molecule is COc1ccccc1C(=O)NC(C(=O)N1C[C@@H](N)[C@H](c2ccccc2)C1)C(C)C. The molecule has 3 rings (SSSR count). The number of methoxy groups -OCH3 is 1. The van der Waals surface area contributed by atoms with Crippen LogP contribution in [0.15, 0.2) is 54.6 Å². The highest BCUT2D eigenvalue weighted by Crippen LogP contribution is 2.27. The smallest absolute Gasteiger partial charge is 0.255 e. The first-order valence-corrected chi connectivity index (χ1v) is 9.95. The van der Waals surface area contributed by atoms with Crippen LogP contribution in [0.5, 0.6) is 5.75 Å². The molecule has 1 heterocycles. The lowest BCUT2D eigenvalue weighted by Gasteiger charge is -2.27. The van der Waals surface area contributed by atoms with Gasteiger partial charge < -0.3 is 20.7 Å². The van der Waals surface area contributed by atoms with Crippen LogP contribution in [-0.2, 0) is 4.79 Å². The molecule has 2 aromatic carbocycles. The zero-order valence-electron chi connectivity index (χ0n) is 17.2. The zero-order chi connectivity index (χ0) is 21.0. The minimum atomic E-state index is -0.630. The first kappa shape index (κ1) is 20.9. The van der Waals surface area contributed by atoms with Crippen molar-refractivity contribution in [1.82, 2.24) is 10.2 Å². The molecular formula is C23H29N3O3. The van der Waals surface area contributed by atoms with Crippen molar-refractivity contribution < 1.29 is 14.3 Å². The van der Waals surface area contributed by atoms with Crippen LogP contribution < -0.4 is 15.8 Å². The van der Waals surface area contributed by atoms with Crippen LogP contribution in [0.2, 0.25) is 0 Å². The van der Waals surface area contributed by atoms with Crippen molar-refractivity contribution in [2.75, 3.05) is 20.2 Å². The summed E-state index contributed by atoms with van der Waals surface area (Å²) in [6, 6.07) is 16.3. The molecule has 6 nitrogen and oxygen atoms in total. The molecular weight excluding hydrogens is 366 g/mol. The van der Waals surface area contributed by atoms with Crippen LogP contribution in [0.1, 0.15) is 35.7 Å². The van der Waals surface area contributed by atoms with Gasteiger partial charge in [-0.05, 0) is 23.6 Å². The Hall–Kier alpha value is -2.86. The normalized spacial score (nSPS) is 19.8. The molecule has 0 aliphatic carbocycles. The van der Waals surface area contributed by atoms with Gasteiger partial charge in [-0.25, -0.2) is 0 Å². The van der Waals surface area contributed by atoms with Gasteiger partial charge in [0.15, 0.2) is 0 Å². The molecule has 2 aromatic rings. The average Bonchev–Trinajstić information content (AvgIpc) is 3.13. The van der Waals surface area contributed by atoms with E-state index in [1.165, 1.54) is 7.11 Å². The number of rotatable bonds is 6. The van der Waals surface area contributed by atoms with Gasteiger partial charge in [-0.3, -0.25) is 9.59 Å². The van der Waals surface area contributed by atoms with Gasteiger partial charge >= 0.3 is 0 Å². The van der Waals surface area contributed by atoms with Crippen molar-refractivity contribution in [3.8, 4) is 5.75 Å². The van der Waals surface area contributed by atoms with E-state index in [0.29, 0.717) is 24.4 Å². The zero-order valence-corrected chi connectivity index (χ0v) is 17.2. The minimum absolute atomic E-state index is 0.0619. The molecule has 0 aromatic heterocycles. The number of hydrogen-bond acceptors (Lipinski definition) is 4. The number of carbonyl (C=O) groups excluding carboxylic acids is 2. The van der Waals surface area contributed by atoms with Crippen molar-refractivity contribution in [3.63, 3.8) is 0 Å². The number of ether oxygens (including phenoxy) is 1. The Morgan fingerprint density at radius 1 is 1.07 bits per heavy atom. The van der Waals surface area contributed by atoms with Crippen molar-refractivity contribution in [1.29, 1.82) is 0 Å². The van der Waals surface area contributed by atoms with Gasteiger partial charge in [-0.2, -0.15) is 0 Å². The Labute approximate surface area is 172 Å². The summed E-state index contributed by atoms with van der Waals surface area (Å²) in [7, 11) is 1.52. The topological polar surface area (TPSA) is 84.7 Å². The third-order valence-electron chi connectivity index (χ3n) is 5.48. The minimum Gasteiger partial charge on any atom is -0.496 e. The molecule has 1 aliphatic rings. The van der Waals surface area contributed by atoms with E-state index < -0.39 is 6.04 Å². The molecule has 1 fully saturated rings. The Kier molecular flexibility index (Phi) is 6.54. The molecule has 29 heavy (non-hydrogen) atoms. The van der Waals surface area contributed by atoms with E-state index in [0.717, 1.165) is 5.56 Å². The second-order valence-corrected chi connectivity index (χ2v) is 7.82. The number of amides is 2. The molecule has 1 unspecified atom stereocenters. The highest BCUT2D eigenvalue weighted by atomic mass is 16.5. The van der Waals surface area contributed by atoms with E-state index >= 15 is 0 Å². The molecule has 0 spiro atoms. The number of nitrogens with two attached hydrogens (primary N) is 1. The predicted octanol–water partition coefficient (Wildman–Crippen LogP) is 2.40. The van der Waals surface area contributed by atoms with Crippen LogP contribution in [0.25, 0.3) is 0 Å². The molecule has 3 atom stereocenters. The lowest BCUT2D eigenvalue weighted by atomic mass is 9.95. The van der Waals surface area contributed by atoms with Crippen molar-refractivity contribution >= 4 is 11.8 Å². The van der Waals surface area contributed by atoms with Crippen molar-refractivity contribution in [3.05, 3.63) is 65.7 Å². The monoisotopic (exact) mass is 395 g/mol. The molecule has 0 bridgehead atoms. The summed E-state index contributed by atoms with van der Waals surface area (Å²) in [5.41, 5.74) is 7.89. The van der Waals surface area contributed by atoms with Gasteiger partial charge in [0.05, 0.1) is 12.7 Å². The van der Waals surface area contributed by atoms with E-state index in [2.05, 4.69) is 5.32 Å². The fourth-order valence-corrected chi connectivity index (χ4v) is 3.82. The van der Waals surface area contributed by atoms with Crippen LogP contribution in [0.4, 0.5) is 0 Å². The third-order valence-corrected chi connectivity index (χ3v) is 5.48. The molecule has 3 N–H and O–H groups in total. The Morgan fingerprint density at radius 2 is 1.72 bits per heavy atom.